The van der Waals surface area contributed by atoms with Crippen molar-refractivity contribution < 1.29 is 14.3 Å². The molecule has 1 amide bonds. The average molecular weight is 201 g/mol. The third-order valence-electron chi connectivity index (χ3n) is 2.43. The second-order valence-electron chi connectivity index (χ2n) is 4.71. The first-order chi connectivity index (χ1) is 6.41. The van der Waals surface area contributed by atoms with E-state index in [0.29, 0.717) is 25.7 Å². The van der Waals surface area contributed by atoms with Gasteiger partial charge in [0.2, 0.25) is 0 Å². The summed E-state index contributed by atoms with van der Waals surface area (Å²) in [5.74, 6) is 0.396. The lowest BCUT2D eigenvalue weighted by molar-refractivity contribution is -0.0624. The predicted molar refractivity (Wildman–Crippen MR) is 53.2 cm³/mol. The lowest BCUT2D eigenvalue weighted by Gasteiger charge is -2.32. The van der Waals surface area contributed by atoms with Crippen molar-refractivity contribution in [1.29, 1.82) is 0 Å². The molecule has 0 radical (unpaired) electrons. The van der Waals surface area contributed by atoms with Crippen LogP contribution in [0.1, 0.15) is 20.8 Å². The van der Waals surface area contributed by atoms with E-state index in [9.17, 15) is 4.79 Å². The summed E-state index contributed by atoms with van der Waals surface area (Å²) in [5.41, 5.74) is -0.187. The Morgan fingerprint density at radius 2 is 2.07 bits per heavy atom. The van der Waals surface area contributed by atoms with Crippen LogP contribution in [-0.2, 0) is 9.47 Å². The molecule has 14 heavy (non-hydrogen) atoms. The summed E-state index contributed by atoms with van der Waals surface area (Å²) in [7, 11) is 1.75. The molecule has 1 rings (SSSR count). The molecule has 0 atom stereocenters. The van der Waals surface area contributed by atoms with Gasteiger partial charge in [0.25, 0.3) is 0 Å². The van der Waals surface area contributed by atoms with Crippen molar-refractivity contribution in [2.75, 3.05) is 26.9 Å². The van der Waals surface area contributed by atoms with E-state index in [1.165, 1.54) is 0 Å². The third kappa shape index (κ3) is 2.87. The van der Waals surface area contributed by atoms with E-state index in [4.69, 9.17) is 9.47 Å². The van der Waals surface area contributed by atoms with Crippen molar-refractivity contribution >= 4 is 6.09 Å². The molecule has 0 unspecified atom stereocenters. The Morgan fingerprint density at radius 3 is 2.43 bits per heavy atom. The highest BCUT2D eigenvalue weighted by Crippen LogP contribution is 2.14. The number of amides is 1. The first-order valence-corrected chi connectivity index (χ1v) is 4.89. The second-order valence-corrected chi connectivity index (χ2v) is 4.71. The lowest BCUT2D eigenvalue weighted by Crippen LogP contribution is -2.44. The Kier molecular flexibility index (Phi) is 3.37. The van der Waals surface area contributed by atoms with Gasteiger partial charge in [-0.15, -0.1) is 0 Å². The fourth-order valence-electron chi connectivity index (χ4n) is 0.941. The van der Waals surface area contributed by atoms with Crippen LogP contribution in [-0.4, -0.2) is 43.4 Å². The van der Waals surface area contributed by atoms with Crippen LogP contribution in [0.5, 0.6) is 0 Å². The van der Waals surface area contributed by atoms with E-state index in [2.05, 4.69) is 0 Å². The first kappa shape index (κ1) is 11.3. The Balaban J connectivity index is 2.26. The van der Waals surface area contributed by atoms with Gasteiger partial charge in [-0.05, 0) is 20.8 Å². The van der Waals surface area contributed by atoms with Crippen LogP contribution >= 0.6 is 0 Å². The summed E-state index contributed by atoms with van der Waals surface area (Å²) in [6.07, 6.45) is -0.260. The Labute approximate surface area is 85.2 Å². The summed E-state index contributed by atoms with van der Waals surface area (Å²) in [4.78, 5) is 13.1. The van der Waals surface area contributed by atoms with Crippen molar-refractivity contribution in [3.8, 4) is 0 Å². The second kappa shape index (κ2) is 4.17. The highest BCUT2D eigenvalue weighted by Gasteiger charge is 2.26. The molecule has 82 valence electrons. The zero-order chi connectivity index (χ0) is 10.8. The number of hydrogen-bond donors (Lipinski definition) is 0. The number of carbonyl (C=O) groups excluding carboxylic acids is 1. The van der Waals surface area contributed by atoms with Crippen molar-refractivity contribution in [2.45, 2.75) is 26.3 Å². The van der Waals surface area contributed by atoms with E-state index < -0.39 is 0 Å². The van der Waals surface area contributed by atoms with Gasteiger partial charge in [0.05, 0.1) is 13.2 Å². The van der Waals surface area contributed by atoms with E-state index in [1.807, 2.05) is 20.8 Å². The summed E-state index contributed by atoms with van der Waals surface area (Å²) in [5, 5.41) is 0. The van der Waals surface area contributed by atoms with Crippen LogP contribution in [0.3, 0.4) is 0 Å². The average Bonchev–Trinajstić information content (AvgIpc) is 1.98. The molecule has 1 fully saturated rings. The summed E-state index contributed by atoms with van der Waals surface area (Å²) >= 11 is 0. The number of rotatable bonds is 2. The number of ether oxygens (including phenoxy) is 2. The molecule has 0 aliphatic carbocycles. The minimum atomic E-state index is -0.260. The van der Waals surface area contributed by atoms with Gasteiger partial charge in [0.15, 0.2) is 0 Å². The molecular formula is C10H19NO3. The summed E-state index contributed by atoms with van der Waals surface area (Å²) in [6, 6.07) is 0. The van der Waals surface area contributed by atoms with Gasteiger partial charge in [-0.25, -0.2) is 4.79 Å². The van der Waals surface area contributed by atoms with Gasteiger partial charge in [0.1, 0.15) is 6.61 Å². The van der Waals surface area contributed by atoms with Gasteiger partial charge in [-0.2, -0.15) is 0 Å². The van der Waals surface area contributed by atoms with E-state index in [-0.39, 0.29) is 11.6 Å². The standard InChI is InChI=1S/C10H19NO3/c1-10(2,3)11(4)9(12)14-7-8-5-13-6-8/h8H,5-7H2,1-4H3. The minimum absolute atomic E-state index is 0.187. The van der Waals surface area contributed by atoms with Gasteiger partial charge < -0.3 is 14.4 Å². The maximum absolute atomic E-state index is 11.5. The molecule has 4 nitrogen and oxygen atoms in total. The van der Waals surface area contributed by atoms with Crippen molar-refractivity contribution in [2.24, 2.45) is 5.92 Å². The normalized spacial score (nSPS) is 17.4. The topological polar surface area (TPSA) is 38.8 Å². The molecule has 0 aromatic heterocycles. The third-order valence-corrected chi connectivity index (χ3v) is 2.43. The smallest absolute Gasteiger partial charge is 0.409 e. The fraction of sp³-hybridized carbons (Fsp3) is 0.900. The lowest BCUT2D eigenvalue weighted by atomic mass is 10.1. The molecule has 0 saturated carbocycles. The molecule has 4 heteroatoms. The molecule has 1 aliphatic rings. The molecule has 1 heterocycles. The van der Waals surface area contributed by atoms with E-state index in [0.717, 1.165) is 0 Å². The van der Waals surface area contributed by atoms with Gasteiger partial charge in [-0.1, -0.05) is 0 Å². The minimum Gasteiger partial charge on any atom is -0.449 e. The highest BCUT2D eigenvalue weighted by molar-refractivity contribution is 5.68. The molecule has 0 N–H and O–H groups in total. The maximum Gasteiger partial charge on any atom is 0.409 e. The number of hydrogen-bond acceptors (Lipinski definition) is 3. The van der Waals surface area contributed by atoms with Crippen LogP contribution in [0.4, 0.5) is 4.79 Å². The number of carbonyl (C=O) groups is 1. The van der Waals surface area contributed by atoms with Crippen LogP contribution in [0, 0.1) is 5.92 Å². The van der Waals surface area contributed by atoms with Gasteiger partial charge in [0, 0.05) is 18.5 Å². The zero-order valence-electron chi connectivity index (χ0n) is 9.37. The van der Waals surface area contributed by atoms with Crippen molar-refractivity contribution in [1.82, 2.24) is 4.90 Å². The summed E-state index contributed by atoms with van der Waals surface area (Å²) < 4.78 is 10.1. The predicted octanol–water partition coefficient (Wildman–Crippen LogP) is 1.50. The van der Waals surface area contributed by atoms with E-state index >= 15 is 0 Å². The van der Waals surface area contributed by atoms with Crippen LogP contribution in [0.25, 0.3) is 0 Å². The van der Waals surface area contributed by atoms with E-state index in [1.54, 1.807) is 11.9 Å². The largest absolute Gasteiger partial charge is 0.449 e. The number of nitrogens with zero attached hydrogens (tertiary/aromatic N) is 1. The maximum atomic E-state index is 11.5. The Morgan fingerprint density at radius 1 is 1.50 bits per heavy atom. The van der Waals surface area contributed by atoms with Crippen molar-refractivity contribution in [3.63, 3.8) is 0 Å². The SMILES string of the molecule is CN(C(=O)OCC1COC1)C(C)(C)C. The van der Waals surface area contributed by atoms with Crippen LogP contribution < -0.4 is 0 Å². The molecule has 0 aromatic rings. The fourth-order valence-corrected chi connectivity index (χ4v) is 0.941. The first-order valence-electron chi connectivity index (χ1n) is 4.89. The monoisotopic (exact) mass is 201 g/mol. The van der Waals surface area contributed by atoms with Gasteiger partial charge in [-0.3, -0.25) is 0 Å². The quantitative estimate of drug-likeness (QED) is 0.679. The highest BCUT2D eigenvalue weighted by atomic mass is 16.6. The van der Waals surface area contributed by atoms with Crippen molar-refractivity contribution in [3.05, 3.63) is 0 Å². The van der Waals surface area contributed by atoms with Crippen LogP contribution in [0.15, 0.2) is 0 Å². The molecule has 1 saturated heterocycles. The zero-order valence-corrected chi connectivity index (χ0v) is 9.37. The molecule has 1 aliphatic heterocycles. The summed E-state index contributed by atoms with van der Waals surface area (Å²) in [6.45, 7) is 7.82. The molecule has 0 aromatic carbocycles. The molecule has 0 bridgehead atoms. The Hall–Kier alpha value is -0.770. The molecule has 0 spiro atoms. The van der Waals surface area contributed by atoms with Crippen LogP contribution in [0.2, 0.25) is 0 Å². The Bertz CT molecular complexity index is 206. The molecular weight excluding hydrogens is 182 g/mol. The van der Waals surface area contributed by atoms with Gasteiger partial charge >= 0.3 is 6.09 Å².